The van der Waals surface area contributed by atoms with Gasteiger partial charge in [0, 0.05) is 29.5 Å². The summed E-state index contributed by atoms with van der Waals surface area (Å²) in [6, 6.07) is 8.77. The van der Waals surface area contributed by atoms with E-state index in [0.717, 1.165) is 46.6 Å². The molecule has 0 saturated heterocycles. The third-order valence-corrected chi connectivity index (χ3v) is 4.86. The predicted molar refractivity (Wildman–Crippen MR) is 91.1 cm³/mol. The summed E-state index contributed by atoms with van der Waals surface area (Å²) in [4.78, 5) is 0. The number of hydrogen-bond donors (Lipinski definition) is 2. The number of benzene rings is 2. The molecule has 4 rings (SSSR count). The molecule has 0 aromatic heterocycles. The predicted octanol–water partition coefficient (Wildman–Crippen LogP) is 3.70. The zero-order valence-corrected chi connectivity index (χ0v) is 13.6. The van der Waals surface area contributed by atoms with Gasteiger partial charge in [0.1, 0.15) is 29.1 Å². The summed E-state index contributed by atoms with van der Waals surface area (Å²) < 4.78 is 12.0. The topological polar surface area (TPSA) is 58.9 Å². The lowest BCUT2D eigenvalue weighted by Gasteiger charge is -2.27. The quantitative estimate of drug-likeness (QED) is 0.827. The third kappa shape index (κ3) is 2.39. The molecule has 0 amide bonds. The lowest BCUT2D eigenvalue weighted by molar-refractivity contribution is 0.257. The van der Waals surface area contributed by atoms with Crippen LogP contribution in [-0.4, -0.2) is 22.9 Å². The SMILES string of the molecule is C=C(C)[C@H]1Cc2c(ccc3c2OC[C@@H](c2ccc(O)cc2O)C3)O1. The average molecular weight is 324 g/mol. The average Bonchev–Trinajstić information content (AvgIpc) is 2.99. The first-order chi connectivity index (χ1) is 11.5. The minimum Gasteiger partial charge on any atom is -0.508 e. The second-order valence-corrected chi connectivity index (χ2v) is 6.64. The van der Waals surface area contributed by atoms with Crippen LogP contribution < -0.4 is 9.47 Å². The van der Waals surface area contributed by atoms with Gasteiger partial charge in [-0.1, -0.05) is 18.7 Å². The monoisotopic (exact) mass is 324 g/mol. The first kappa shape index (κ1) is 14.9. The Bertz CT molecular complexity index is 825. The molecule has 0 radical (unpaired) electrons. The fourth-order valence-electron chi connectivity index (χ4n) is 3.54. The van der Waals surface area contributed by atoms with Crippen molar-refractivity contribution < 1.29 is 19.7 Å². The molecule has 0 fully saturated rings. The van der Waals surface area contributed by atoms with Crippen molar-refractivity contribution in [1.29, 1.82) is 0 Å². The zero-order chi connectivity index (χ0) is 16.8. The van der Waals surface area contributed by atoms with E-state index in [1.165, 1.54) is 6.07 Å². The van der Waals surface area contributed by atoms with Crippen LogP contribution in [0.15, 0.2) is 42.5 Å². The van der Waals surface area contributed by atoms with Crippen LogP contribution in [0, 0.1) is 0 Å². The molecule has 2 heterocycles. The first-order valence-corrected chi connectivity index (χ1v) is 8.14. The van der Waals surface area contributed by atoms with Crippen LogP contribution in [-0.2, 0) is 12.8 Å². The van der Waals surface area contributed by atoms with Crippen molar-refractivity contribution in [3.63, 3.8) is 0 Å². The number of rotatable bonds is 2. The number of ether oxygens (including phenoxy) is 2. The minimum absolute atomic E-state index is 0.0222. The van der Waals surface area contributed by atoms with Gasteiger partial charge in [-0.3, -0.25) is 0 Å². The second kappa shape index (κ2) is 5.48. The Morgan fingerprint density at radius 1 is 1.17 bits per heavy atom. The van der Waals surface area contributed by atoms with Gasteiger partial charge in [-0.25, -0.2) is 0 Å². The smallest absolute Gasteiger partial charge is 0.129 e. The number of hydrogen-bond acceptors (Lipinski definition) is 4. The van der Waals surface area contributed by atoms with E-state index in [2.05, 4.69) is 6.58 Å². The number of fused-ring (bicyclic) bond motifs is 3. The van der Waals surface area contributed by atoms with E-state index in [4.69, 9.17) is 9.47 Å². The zero-order valence-electron chi connectivity index (χ0n) is 13.6. The number of phenolic OH excluding ortho intramolecular Hbond substituents is 2. The van der Waals surface area contributed by atoms with Gasteiger partial charge in [0.05, 0.1) is 6.61 Å². The molecule has 2 aromatic rings. The molecule has 0 saturated carbocycles. The van der Waals surface area contributed by atoms with Crippen LogP contribution >= 0.6 is 0 Å². The largest absolute Gasteiger partial charge is 0.508 e. The van der Waals surface area contributed by atoms with Crippen LogP contribution in [0.2, 0.25) is 0 Å². The minimum atomic E-state index is 0.0222. The maximum absolute atomic E-state index is 10.1. The summed E-state index contributed by atoms with van der Waals surface area (Å²) in [7, 11) is 0. The maximum atomic E-state index is 10.1. The van der Waals surface area contributed by atoms with Gasteiger partial charge in [0.15, 0.2) is 0 Å². The van der Waals surface area contributed by atoms with Gasteiger partial charge in [-0.05, 0) is 36.6 Å². The van der Waals surface area contributed by atoms with Gasteiger partial charge in [-0.15, -0.1) is 0 Å². The Kier molecular flexibility index (Phi) is 3.41. The third-order valence-electron chi connectivity index (χ3n) is 4.86. The molecule has 0 aliphatic carbocycles. The molecule has 0 bridgehead atoms. The highest BCUT2D eigenvalue weighted by Crippen LogP contribution is 2.44. The molecular formula is C20H20O4. The number of aromatic hydroxyl groups is 2. The fraction of sp³-hybridized carbons (Fsp3) is 0.300. The van der Waals surface area contributed by atoms with Crippen LogP contribution in [0.1, 0.15) is 29.5 Å². The van der Waals surface area contributed by atoms with Crippen molar-refractivity contribution in [2.24, 2.45) is 0 Å². The lowest BCUT2D eigenvalue weighted by Crippen LogP contribution is -2.20. The standard InChI is InChI=1S/C20H20O4/c1-11(2)19-9-16-18(24-19)6-3-12-7-13(10-23-20(12)16)15-5-4-14(21)8-17(15)22/h3-6,8,13,19,21-22H,1,7,9-10H2,2H3/t13-,19+/m0/s1. The molecular weight excluding hydrogens is 304 g/mol. The molecule has 0 spiro atoms. The van der Waals surface area contributed by atoms with Gasteiger partial charge >= 0.3 is 0 Å². The Labute approximate surface area is 141 Å². The second-order valence-electron chi connectivity index (χ2n) is 6.64. The first-order valence-electron chi connectivity index (χ1n) is 8.14. The molecule has 2 atom stereocenters. The van der Waals surface area contributed by atoms with E-state index in [1.807, 2.05) is 19.1 Å². The van der Waals surface area contributed by atoms with Crippen molar-refractivity contribution in [2.45, 2.75) is 31.8 Å². The van der Waals surface area contributed by atoms with E-state index in [9.17, 15) is 10.2 Å². The Hall–Kier alpha value is -2.62. The molecule has 24 heavy (non-hydrogen) atoms. The molecule has 2 N–H and O–H groups in total. The van der Waals surface area contributed by atoms with Crippen LogP contribution in [0.5, 0.6) is 23.0 Å². The Morgan fingerprint density at radius 3 is 2.75 bits per heavy atom. The molecule has 4 heteroatoms. The van der Waals surface area contributed by atoms with Gasteiger partial charge in [0.2, 0.25) is 0 Å². The Balaban J connectivity index is 1.64. The Morgan fingerprint density at radius 2 is 2.00 bits per heavy atom. The summed E-state index contributed by atoms with van der Waals surface area (Å²) in [5.41, 5.74) is 4.06. The summed E-state index contributed by atoms with van der Waals surface area (Å²) in [5.74, 6) is 2.04. The van der Waals surface area contributed by atoms with E-state index in [1.54, 1.807) is 12.1 Å². The summed E-state index contributed by atoms with van der Waals surface area (Å²) in [6.45, 7) is 6.47. The van der Waals surface area contributed by atoms with E-state index >= 15 is 0 Å². The van der Waals surface area contributed by atoms with Crippen molar-refractivity contribution in [2.75, 3.05) is 6.61 Å². The van der Waals surface area contributed by atoms with Crippen molar-refractivity contribution in [3.8, 4) is 23.0 Å². The molecule has 2 aliphatic rings. The molecule has 124 valence electrons. The lowest BCUT2D eigenvalue weighted by atomic mass is 9.88. The van der Waals surface area contributed by atoms with Crippen LogP contribution in [0.3, 0.4) is 0 Å². The fourth-order valence-corrected chi connectivity index (χ4v) is 3.54. The molecule has 0 unspecified atom stereocenters. The van der Waals surface area contributed by atoms with E-state index in [-0.39, 0.29) is 23.5 Å². The van der Waals surface area contributed by atoms with Crippen LogP contribution in [0.4, 0.5) is 0 Å². The molecule has 4 nitrogen and oxygen atoms in total. The van der Waals surface area contributed by atoms with Gasteiger partial charge < -0.3 is 19.7 Å². The maximum Gasteiger partial charge on any atom is 0.129 e. The van der Waals surface area contributed by atoms with E-state index < -0.39 is 0 Å². The highest BCUT2D eigenvalue weighted by atomic mass is 16.5. The van der Waals surface area contributed by atoms with Crippen LogP contribution in [0.25, 0.3) is 0 Å². The summed E-state index contributed by atoms with van der Waals surface area (Å²) in [5, 5.41) is 19.6. The summed E-state index contributed by atoms with van der Waals surface area (Å²) >= 11 is 0. The molecule has 2 aromatic carbocycles. The highest BCUT2D eigenvalue weighted by Gasteiger charge is 2.32. The van der Waals surface area contributed by atoms with Gasteiger partial charge in [0.25, 0.3) is 0 Å². The van der Waals surface area contributed by atoms with E-state index in [0.29, 0.717) is 6.61 Å². The van der Waals surface area contributed by atoms with Crippen molar-refractivity contribution in [3.05, 3.63) is 59.2 Å². The van der Waals surface area contributed by atoms with Crippen molar-refractivity contribution >= 4 is 0 Å². The normalized spacial score (nSPS) is 21.4. The molecule has 2 aliphatic heterocycles. The van der Waals surface area contributed by atoms with Gasteiger partial charge in [-0.2, -0.15) is 0 Å². The summed E-state index contributed by atoms with van der Waals surface area (Å²) in [6.07, 6.45) is 1.61. The highest BCUT2D eigenvalue weighted by molar-refractivity contribution is 5.55. The van der Waals surface area contributed by atoms with Crippen molar-refractivity contribution in [1.82, 2.24) is 0 Å². The number of phenols is 2.